The van der Waals surface area contributed by atoms with Crippen molar-refractivity contribution in [3.05, 3.63) is 24.3 Å². The lowest BCUT2D eigenvalue weighted by Crippen LogP contribution is -2.19. The van der Waals surface area contributed by atoms with Crippen LogP contribution in [0.4, 0.5) is 0 Å². The van der Waals surface area contributed by atoms with E-state index in [1.807, 2.05) is 12.4 Å². The molecular weight excluding hydrogens is 270 g/mol. The number of pyridine rings is 1. The van der Waals surface area contributed by atoms with Crippen LogP contribution in [0, 0.1) is 17.8 Å². The molecule has 0 aliphatic heterocycles. The van der Waals surface area contributed by atoms with Gasteiger partial charge in [0.25, 0.3) is 0 Å². The molecule has 20 heavy (non-hydrogen) atoms. The first-order chi connectivity index (χ1) is 9.85. The Labute approximate surface area is 124 Å². The highest BCUT2D eigenvalue weighted by molar-refractivity contribution is 6.17. The van der Waals surface area contributed by atoms with Crippen LogP contribution >= 0.6 is 11.6 Å². The zero-order valence-electron chi connectivity index (χ0n) is 11.6. The van der Waals surface area contributed by atoms with Crippen molar-refractivity contribution in [2.75, 3.05) is 5.88 Å². The van der Waals surface area contributed by atoms with Crippen LogP contribution < -0.4 is 0 Å². The number of halogens is 1. The van der Waals surface area contributed by atoms with E-state index < -0.39 is 0 Å². The lowest BCUT2D eigenvalue weighted by Gasteiger charge is -2.23. The molecule has 0 amide bonds. The first-order valence-corrected chi connectivity index (χ1v) is 8.23. The zero-order chi connectivity index (χ0) is 13.5. The van der Waals surface area contributed by atoms with Crippen molar-refractivity contribution in [3.8, 4) is 0 Å². The van der Waals surface area contributed by atoms with Crippen LogP contribution in [0.5, 0.6) is 0 Å². The Kier molecular flexibility index (Phi) is 3.18. The Bertz CT molecular complexity index is 621. The minimum atomic E-state index is 0.632. The maximum absolute atomic E-state index is 5.95. The maximum atomic E-state index is 5.95. The monoisotopic (exact) mass is 289 g/mol. The molecule has 2 heterocycles. The summed E-state index contributed by atoms with van der Waals surface area (Å²) in [5.74, 6) is 4.55. The molecule has 2 fully saturated rings. The van der Waals surface area contributed by atoms with E-state index in [2.05, 4.69) is 15.6 Å². The van der Waals surface area contributed by atoms with Crippen LogP contribution in [0.15, 0.2) is 18.5 Å². The molecule has 4 heteroatoms. The van der Waals surface area contributed by atoms with Crippen molar-refractivity contribution < 1.29 is 0 Å². The summed E-state index contributed by atoms with van der Waals surface area (Å²) in [6, 6.07) is 2.09. The lowest BCUT2D eigenvalue weighted by molar-refractivity contribution is 0.296. The van der Waals surface area contributed by atoms with Gasteiger partial charge >= 0.3 is 0 Å². The van der Waals surface area contributed by atoms with Gasteiger partial charge in [-0.05, 0) is 43.1 Å². The van der Waals surface area contributed by atoms with Gasteiger partial charge in [0.1, 0.15) is 11.3 Å². The Hall–Kier alpha value is -1.09. The van der Waals surface area contributed by atoms with E-state index in [9.17, 15) is 0 Å². The molecule has 2 aliphatic carbocycles. The Morgan fingerprint density at radius 3 is 3.00 bits per heavy atom. The molecule has 2 aromatic heterocycles. The number of aromatic nitrogens is 3. The van der Waals surface area contributed by atoms with Gasteiger partial charge in [0, 0.05) is 25.0 Å². The largest absolute Gasteiger partial charge is 0.328 e. The Balaban J connectivity index is 1.68. The van der Waals surface area contributed by atoms with E-state index in [0.29, 0.717) is 5.88 Å². The standard InChI is InChI=1S/C16H20ClN3/c17-5-3-16-19-14-9-18-6-4-15(14)20(16)10-13-8-11-1-2-12(13)7-11/h4,6,9,11-13H,1-3,5,7-8,10H2. The molecule has 0 saturated heterocycles. The van der Waals surface area contributed by atoms with Gasteiger partial charge in [-0.2, -0.15) is 0 Å². The third kappa shape index (κ3) is 2.03. The number of rotatable bonds is 4. The predicted molar refractivity (Wildman–Crippen MR) is 80.9 cm³/mol. The van der Waals surface area contributed by atoms with E-state index in [-0.39, 0.29) is 0 Å². The minimum Gasteiger partial charge on any atom is -0.328 e. The second kappa shape index (κ2) is 5.03. The van der Waals surface area contributed by atoms with Crippen LogP contribution in [-0.2, 0) is 13.0 Å². The summed E-state index contributed by atoms with van der Waals surface area (Å²) in [7, 11) is 0. The normalized spacial score (nSPS) is 28.6. The van der Waals surface area contributed by atoms with Crippen LogP contribution in [-0.4, -0.2) is 20.4 Å². The van der Waals surface area contributed by atoms with Crippen LogP contribution in [0.1, 0.15) is 31.5 Å². The quantitative estimate of drug-likeness (QED) is 0.805. The fraction of sp³-hybridized carbons (Fsp3) is 0.625. The van der Waals surface area contributed by atoms with Crippen LogP contribution in [0.3, 0.4) is 0 Å². The highest BCUT2D eigenvalue weighted by atomic mass is 35.5. The van der Waals surface area contributed by atoms with Gasteiger partial charge in [0.05, 0.1) is 11.7 Å². The van der Waals surface area contributed by atoms with Gasteiger partial charge in [0.2, 0.25) is 0 Å². The first-order valence-electron chi connectivity index (χ1n) is 7.70. The second-order valence-corrected chi connectivity index (χ2v) is 6.75. The van der Waals surface area contributed by atoms with Crippen molar-refractivity contribution in [2.45, 2.75) is 38.6 Å². The number of hydrogen-bond donors (Lipinski definition) is 0. The SMILES string of the molecule is ClCCc1nc2cnccc2n1CC1CC2CCC1C2. The molecule has 0 radical (unpaired) electrons. The Morgan fingerprint density at radius 1 is 1.30 bits per heavy atom. The van der Waals surface area contributed by atoms with Gasteiger partial charge in [0.15, 0.2) is 0 Å². The number of hydrogen-bond acceptors (Lipinski definition) is 2. The highest BCUT2D eigenvalue weighted by Crippen LogP contribution is 2.49. The van der Waals surface area contributed by atoms with Gasteiger partial charge in [-0.25, -0.2) is 4.98 Å². The molecule has 2 aromatic rings. The van der Waals surface area contributed by atoms with E-state index in [4.69, 9.17) is 16.6 Å². The molecule has 3 nitrogen and oxygen atoms in total. The fourth-order valence-electron chi connectivity index (χ4n) is 4.35. The number of aryl methyl sites for hydroxylation is 1. The van der Waals surface area contributed by atoms with Crippen molar-refractivity contribution in [1.29, 1.82) is 0 Å². The second-order valence-electron chi connectivity index (χ2n) is 6.38. The van der Waals surface area contributed by atoms with Crippen molar-refractivity contribution >= 4 is 22.6 Å². The maximum Gasteiger partial charge on any atom is 0.111 e. The van der Waals surface area contributed by atoms with E-state index in [0.717, 1.165) is 42.1 Å². The highest BCUT2D eigenvalue weighted by Gasteiger charge is 2.39. The average Bonchev–Trinajstić information content (AvgIpc) is 3.15. The van der Waals surface area contributed by atoms with Gasteiger partial charge in [-0.1, -0.05) is 6.42 Å². The summed E-state index contributed by atoms with van der Waals surface area (Å²) in [4.78, 5) is 8.91. The average molecular weight is 290 g/mol. The molecular formula is C16H20ClN3. The summed E-state index contributed by atoms with van der Waals surface area (Å²) >= 11 is 5.95. The third-order valence-electron chi connectivity index (χ3n) is 5.25. The predicted octanol–water partition coefficient (Wildman–Crippen LogP) is 3.65. The van der Waals surface area contributed by atoms with E-state index in [1.165, 1.54) is 31.2 Å². The molecule has 106 valence electrons. The van der Waals surface area contributed by atoms with Crippen molar-refractivity contribution in [3.63, 3.8) is 0 Å². The smallest absolute Gasteiger partial charge is 0.111 e. The summed E-state index contributed by atoms with van der Waals surface area (Å²) in [6.45, 7) is 1.12. The van der Waals surface area contributed by atoms with Crippen molar-refractivity contribution in [2.24, 2.45) is 17.8 Å². The van der Waals surface area contributed by atoms with Crippen LogP contribution in [0.2, 0.25) is 0 Å². The Morgan fingerprint density at radius 2 is 2.25 bits per heavy atom. The molecule has 3 unspecified atom stereocenters. The third-order valence-corrected chi connectivity index (χ3v) is 5.44. The lowest BCUT2D eigenvalue weighted by atomic mass is 9.89. The van der Waals surface area contributed by atoms with E-state index in [1.54, 1.807) is 0 Å². The van der Waals surface area contributed by atoms with Gasteiger partial charge < -0.3 is 4.57 Å². The van der Waals surface area contributed by atoms with Gasteiger partial charge in [-0.3, -0.25) is 4.98 Å². The van der Waals surface area contributed by atoms with Gasteiger partial charge in [-0.15, -0.1) is 11.6 Å². The molecule has 0 aromatic carbocycles. The molecule has 0 N–H and O–H groups in total. The molecule has 4 rings (SSSR count). The molecule has 0 spiro atoms. The molecule has 3 atom stereocenters. The first kappa shape index (κ1) is 12.6. The number of fused-ring (bicyclic) bond motifs is 3. The zero-order valence-corrected chi connectivity index (χ0v) is 12.4. The fourth-order valence-corrected chi connectivity index (χ4v) is 4.51. The summed E-state index contributed by atoms with van der Waals surface area (Å²) in [5.41, 5.74) is 2.23. The summed E-state index contributed by atoms with van der Waals surface area (Å²) in [5, 5.41) is 0. The molecule has 2 saturated carbocycles. The van der Waals surface area contributed by atoms with Crippen LogP contribution in [0.25, 0.3) is 11.0 Å². The summed E-state index contributed by atoms with van der Waals surface area (Å²) in [6.07, 6.45) is 10.4. The minimum absolute atomic E-state index is 0.632. The van der Waals surface area contributed by atoms with E-state index >= 15 is 0 Å². The number of imidazole rings is 1. The topological polar surface area (TPSA) is 30.7 Å². The molecule has 2 bridgehead atoms. The number of alkyl halides is 1. The molecule has 2 aliphatic rings. The summed E-state index contributed by atoms with van der Waals surface area (Å²) < 4.78 is 2.41. The number of nitrogens with zero attached hydrogens (tertiary/aromatic N) is 3. The van der Waals surface area contributed by atoms with Crippen molar-refractivity contribution in [1.82, 2.24) is 14.5 Å².